The minimum atomic E-state index is -0.509. The molecule has 178 valence electrons. The number of nitro groups is 1. The highest BCUT2D eigenvalue weighted by atomic mass is 16.6. The third-order valence-corrected chi connectivity index (χ3v) is 6.09. The molecule has 0 saturated heterocycles. The molecule has 0 spiro atoms. The smallest absolute Gasteiger partial charge is 0.319 e. The van der Waals surface area contributed by atoms with Crippen LogP contribution in [0, 0.1) is 16.0 Å². The van der Waals surface area contributed by atoms with Crippen molar-refractivity contribution in [1.82, 2.24) is 15.3 Å². The molecule has 10 nitrogen and oxygen atoms in total. The number of hydrogen-bond acceptors (Lipinski definition) is 7. The van der Waals surface area contributed by atoms with Gasteiger partial charge in [0.25, 0.3) is 5.69 Å². The Bertz CT molecular complexity index is 1180. The number of carbonyl (C=O) groups is 1. The van der Waals surface area contributed by atoms with E-state index in [1.54, 1.807) is 12.1 Å². The average Bonchev–Trinajstić information content (AvgIpc) is 2.83. The van der Waals surface area contributed by atoms with Crippen LogP contribution in [0.2, 0.25) is 0 Å². The normalized spacial score (nSPS) is 17.7. The molecule has 0 radical (unpaired) electrons. The van der Waals surface area contributed by atoms with E-state index in [0.29, 0.717) is 18.4 Å². The summed E-state index contributed by atoms with van der Waals surface area (Å²) in [6.45, 7) is 0.524. The zero-order valence-corrected chi connectivity index (χ0v) is 19.3. The van der Waals surface area contributed by atoms with Crippen molar-refractivity contribution in [1.29, 1.82) is 0 Å². The quantitative estimate of drug-likeness (QED) is 0.350. The molecule has 1 saturated carbocycles. The summed E-state index contributed by atoms with van der Waals surface area (Å²) in [5.74, 6) is 1.87. The summed E-state index contributed by atoms with van der Waals surface area (Å²) in [6, 6.07) is 13.9. The zero-order chi connectivity index (χ0) is 24.1. The zero-order valence-electron chi connectivity index (χ0n) is 19.3. The average molecular weight is 464 g/mol. The summed E-state index contributed by atoms with van der Waals surface area (Å²) in [5.41, 5.74) is 0.967. The maximum Gasteiger partial charge on any atom is 0.319 e. The number of para-hydroxylation sites is 3. The number of hydrogen-bond donors (Lipinski definition) is 3. The van der Waals surface area contributed by atoms with Crippen LogP contribution >= 0.6 is 0 Å². The molecule has 0 atom stereocenters. The van der Waals surface area contributed by atoms with E-state index in [1.165, 1.54) is 12.1 Å². The second-order valence-corrected chi connectivity index (χ2v) is 8.75. The predicted octanol–water partition coefficient (Wildman–Crippen LogP) is 4.40. The lowest BCUT2D eigenvalue weighted by Crippen LogP contribution is -2.36. The number of benzene rings is 2. The lowest BCUT2D eigenvalue weighted by Gasteiger charge is -2.29. The molecule has 0 aliphatic heterocycles. The fourth-order valence-electron chi connectivity index (χ4n) is 4.30. The van der Waals surface area contributed by atoms with Gasteiger partial charge in [-0.2, -0.15) is 4.98 Å². The van der Waals surface area contributed by atoms with Crippen molar-refractivity contribution in [2.45, 2.75) is 31.7 Å². The maximum absolute atomic E-state index is 12.3. The highest BCUT2D eigenvalue weighted by Crippen LogP contribution is 2.28. The Morgan fingerprint density at radius 1 is 1.06 bits per heavy atom. The molecular formula is C24H29N7O3. The van der Waals surface area contributed by atoms with E-state index in [0.717, 1.165) is 42.4 Å². The van der Waals surface area contributed by atoms with Crippen LogP contribution in [0.5, 0.6) is 0 Å². The molecule has 34 heavy (non-hydrogen) atoms. The summed E-state index contributed by atoms with van der Waals surface area (Å²) >= 11 is 0. The van der Waals surface area contributed by atoms with E-state index in [9.17, 15) is 14.9 Å². The van der Waals surface area contributed by atoms with Crippen LogP contribution in [0.1, 0.15) is 25.7 Å². The van der Waals surface area contributed by atoms with Gasteiger partial charge in [-0.1, -0.05) is 24.3 Å². The van der Waals surface area contributed by atoms with Gasteiger partial charge in [0, 0.05) is 38.1 Å². The largest absolute Gasteiger partial charge is 0.362 e. The van der Waals surface area contributed by atoms with Gasteiger partial charge in [0.1, 0.15) is 11.5 Å². The van der Waals surface area contributed by atoms with Crippen LogP contribution in [-0.2, 0) is 0 Å². The number of rotatable bonds is 7. The SMILES string of the molecule is CN(C)c1nc(NC2CCC(CNC(=O)Nc3ccccc3[N+](=O)[O-])CC2)nc2ccccc12. The summed E-state index contributed by atoms with van der Waals surface area (Å²) < 4.78 is 0. The molecule has 0 bridgehead atoms. The highest BCUT2D eigenvalue weighted by molar-refractivity contribution is 5.92. The van der Waals surface area contributed by atoms with Crippen LogP contribution in [0.3, 0.4) is 0 Å². The van der Waals surface area contributed by atoms with Gasteiger partial charge in [-0.3, -0.25) is 10.1 Å². The van der Waals surface area contributed by atoms with Gasteiger partial charge in [0.2, 0.25) is 5.95 Å². The number of nitro benzene ring substituents is 1. The van der Waals surface area contributed by atoms with Crippen molar-refractivity contribution >= 4 is 40.1 Å². The first kappa shape index (κ1) is 23.2. The van der Waals surface area contributed by atoms with Gasteiger partial charge in [-0.05, 0) is 49.8 Å². The maximum atomic E-state index is 12.3. The van der Waals surface area contributed by atoms with E-state index in [4.69, 9.17) is 4.98 Å². The van der Waals surface area contributed by atoms with Crippen molar-refractivity contribution < 1.29 is 9.72 Å². The number of amides is 2. The van der Waals surface area contributed by atoms with Crippen molar-refractivity contribution in [3.8, 4) is 0 Å². The summed E-state index contributed by atoms with van der Waals surface area (Å²) in [6.07, 6.45) is 3.81. The van der Waals surface area contributed by atoms with Crippen LogP contribution in [0.4, 0.5) is 27.9 Å². The molecule has 1 aromatic heterocycles. The van der Waals surface area contributed by atoms with Crippen molar-refractivity contribution in [2.24, 2.45) is 5.92 Å². The Balaban J connectivity index is 1.28. The Hall–Kier alpha value is -3.95. The van der Waals surface area contributed by atoms with Crippen LogP contribution < -0.4 is 20.9 Å². The Morgan fingerprint density at radius 2 is 1.76 bits per heavy atom. The number of urea groups is 1. The monoisotopic (exact) mass is 463 g/mol. The summed E-state index contributed by atoms with van der Waals surface area (Å²) in [5, 5.41) is 21.0. The molecular weight excluding hydrogens is 434 g/mol. The van der Waals surface area contributed by atoms with Gasteiger partial charge in [0.15, 0.2) is 0 Å². The van der Waals surface area contributed by atoms with E-state index < -0.39 is 11.0 Å². The first-order valence-electron chi connectivity index (χ1n) is 11.4. The molecule has 1 fully saturated rings. The number of carbonyl (C=O) groups excluding carboxylic acids is 1. The van der Waals surface area contributed by atoms with E-state index >= 15 is 0 Å². The second kappa shape index (κ2) is 10.3. The van der Waals surface area contributed by atoms with Gasteiger partial charge < -0.3 is 20.9 Å². The molecule has 1 aliphatic carbocycles. The lowest BCUT2D eigenvalue weighted by atomic mass is 9.86. The third kappa shape index (κ3) is 5.51. The van der Waals surface area contributed by atoms with Gasteiger partial charge in [-0.15, -0.1) is 0 Å². The topological polar surface area (TPSA) is 125 Å². The molecule has 1 aliphatic rings. The highest BCUT2D eigenvalue weighted by Gasteiger charge is 2.23. The van der Waals surface area contributed by atoms with E-state index in [-0.39, 0.29) is 17.4 Å². The van der Waals surface area contributed by atoms with Crippen LogP contribution in [-0.4, -0.2) is 47.6 Å². The number of aromatic nitrogens is 2. The molecule has 10 heteroatoms. The minimum Gasteiger partial charge on any atom is -0.362 e. The first-order valence-corrected chi connectivity index (χ1v) is 11.4. The number of nitrogens with one attached hydrogen (secondary N) is 3. The van der Waals surface area contributed by atoms with Crippen molar-refractivity contribution in [3.05, 3.63) is 58.6 Å². The Labute approximate surface area is 197 Å². The molecule has 2 aromatic carbocycles. The predicted molar refractivity (Wildman–Crippen MR) is 133 cm³/mol. The minimum absolute atomic E-state index is 0.127. The van der Waals surface area contributed by atoms with Gasteiger partial charge in [0.05, 0.1) is 10.4 Å². The summed E-state index contributed by atoms with van der Waals surface area (Å²) in [7, 11) is 3.95. The molecule has 1 heterocycles. The molecule has 4 rings (SSSR count). The Morgan fingerprint density at radius 3 is 2.50 bits per heavy atom. The van der Waals surface area contributed by atoms with Crippen LogP contribution in [0.25, 0.3) is 10.9 Å². The third-order valence-electron chi connectivity index (χ3n) is 6.09. The molecule has 3 N–H and O–H groups in total. The fourth-order valence-corrected chi connectivity index (χ4v) is 4.30. The molecule has 3 aromatic rings. The molecule has 2 amide bonds. The van der Waals surface area contributed by atoms with Gasteiger partial charge in [-0.25, -0.2) is 9.78 Å². The van der Waals surface area contributed by atoms with E-state index in [2.05, 4.69) is 20.9 Å². The van der Waals surface area contributed by atoms with Crippen molar-refractivity contribution in [2.75, 3.05) is 36.2 Å². The standard InChI is InChI=1S/C24H29N7O3/c1-30(2)22-18-7-3-4-8-19(18)27-23(29-22)26-17-13-11-16(12-14-17)15-25-24(32)28-20-9-5-6-10-21(20)31(33)34/h3-10,16-17H,11-15H2,1-2H3,(H2,25,28,32)(H,26,27,29). The second-order valence-electron chi connectivity index (χ2n) is 8.75. The number of anilines is 3. The van der Waals surface area contributed by atoms with Gasteiger partial charge >= 0.3 is 6.03 Å². The fraction of sp³-hybridized carbons (Fsp3) is 0.375. The molecule has 0 unspecified atom stereocenters. The lowest BCUT2D eigenvalue weighted by molar-refractivity contribution is -0.383. The van der Waals surface area contributed by atoms with E-state index in [1.807, 2.05) is 43.3 Å². The van der Waals surface area contributed by atoms with Crippen molar-refractivity contribution in [3.63, 3.8) is 0 Å². The number of fused-ring (bicyclic) bond motifs is 1. The summed E-state index contributed by atoms with van der Waals surface area (Å²) in [4.78, 5) is 34.2. The Kier molecular flexibility index (Phi) is 7.05. The number of nitrogens with zero attached hydrogens (tertiary/aromatic N) is 4. The van der Waals surface area contributed by atoms with Crippen LogP contribution in [0.15, 0.2) is 48.5 Å². The first-order chi connectivity index (χ1) is 16.4.